The number of carbonyl (C=O) groups excluding carboxylic acids is 2. The van der Waals surface area contributed by atoms with E-state index in [2.05, 4.69) is 10.2 Å². The summed E-state index contributed by atoms with van der Waals surface area (Å²) in [5, 5.41) is 2.99. The molecule has 2 saturated heterocycles. The maximum Gasteiger partial charge on any atom is 0.227 e. The van der Waals surface area contributed by atoms with Crippen LogP contribution in [0.1, 0.15) is 31.2 Å². The lowest BCUT2D eigenvalue weighted by Crippen LogP contribution is -2.37. The van der Waals surface area contributed by atoms with E-state index in [1.165, 1.54) is 6.07 Å². The van der Waals surface area contributed by atoms with Gasteiger partial charge in [0.25, 0.3) is 0 Å². The number of hydrogen-bond acceptors (Lipinski definition) is 3. The zero-order valence-corrected chi connectivity index (χ0v) is 16.4. The molecule has 0 radical (unpaired) electrons. The van der Waals surface area contributed by atoms with Crippen molar-refractivity contribution in [3.8, 4) is 0 Å². The van der Waals surface area contributed by atoms with E-state index in [9.17, 15) is 14.0 Å². The van der Waals surface area contributed by atoms with Crippen LogP contribution in [-0.4, -0.2) is 36.3 Å². The average molecular weight is 395 g/mol. The second kappa shape index (κ2) is 8.74. The van der Waals surface area contributed by atoms with Crippen LogP contribution in [0.5, 0.6) is 0 Å². The van der Waals surface area contributed by atoms with Gasteiger partial charge in [-0.15, -0.1) is 0 Å². The van der Waals surface area contributed by atoms with Crippen LogP contribution in [0.25, 0.3) is 0 Å². The van der Waals surface area contributed by atoms with Crippen molar-refractivity contribution < 1.29 is 14.0 Å². The van der Waals surface area contributed by atoms with Crippen molar-refractivity contribution in [2.24, 2.45) is 5.92 Å². The first-order chi connectivity index (χ1) is 14.1. The molecule has 2 aliphatic rings. The zero-order chi connectivity index (χ0) is 20.2. The lowest BCUT2D eigenvalue weighted by Gasteiger charge is -2.31. The summed E-state index contributed by atoms with van der Waals surface area (Å²) in [4.78, 5) is 28.4. The predicted octanol–water partition coefficient (Wildman–Crippen LogP) is 3.80. The molecule has 2 fully saturated rings. The number of benzene rings is 2. The van der Waals surface area contributed by atoms with Crippen molar-refractivity contribution in [1.82, 2.24) is 4.90 Å². The number of piperidine rings is 1. The maximum atomic E-state index is 13.8. The Morgan fingerprint density at radius 1 is 1.03 bits per heavy atom. The van der Waals surface area contributed by atoms with Crippen molar-refractivity contribution in [2.75, 3.05) is 29.9 Å². The average Bonchev–Trinajstić information content (AvgIpc) is 3.17. The third-order valence-electron chi connectivity index (χ3n) is 5.83. The lowest BCUT2D eigenvalue weighted by atomic mass is 9.95. The monoisotopic (exact) mass is 395 g/mol. The van der Waals surface area contributed by atoms with Crippen LogP contribution in [0.4, 0.5) is 15.8 Å². The van der Waals surface area contributed by atoms with Gasteiger partial charge >= 0.3 is 0 Å². The molecule has 0 unspecified atom stereocenters. The van der Waals surface area contributed by atoms with E-state index in [-0.39, 0.29) is 23.5 Å². The number of nitrogens with one attached hydrogen (secondary N) is 1. The first-order valence-corrected chi connectivity index (χ1v) is 10.3. The minimum Gasteiger partial charge on any atom is -0.326 e. The van der Waals surface area contributed by atoms with E-state index in [1.807, 2.05) is 36.4 Å². The Balaban J connectivity index is 1.27. The molecular formula is C23H26FN3O2. The molecule has 5 nitrogen and oxygen atoms in total. The normalized spacial score (nSPS) is 18.2. The molecule has 4 rings (SSSR count). The van der Waals surface area contributed by atoms with Gasteiger partial charge in [-0.05, 0) is 62.7 Å². The molecule has 0 saturated carbocycles. The minimum absolute atomic E-state index is 0.0283. The molecule has 0 aromatic heterocycles. The highest BCUT2D eigenvalue weighted by Gasteiger charge is 2.26. The summed E-state index contributed by atoms with van der Waals surface area (Å²) >= 11 is 0. The maximum absolute atomic E-state index is 13.8. The highest BCUT2D eigenvalue weighted by Crippen LogP contribution is 2.25. The number of rotatable bonds is 5. The summed E-state index contributed by atoms with van der Waals surface area (Å²) in [5.74, 6) is -0.0254. The second-order valence-electron chi connectivity index (χ2n) is 7.83. The minimum atomic E-state index is -0.175. The molecule has 0 spiro atoms. The molecule has 152 valence electrons. The van der Waals surface area contributed by atoms with Crippen molar-refractivity contribution in [2.45, 2.75) is 32.2 Å². The van der Waals surface area contributed by atoms with Gasteiger partial charge in [0.1, 0.15) is 5.82 Å². The number of likely N-dealkylation sites (tertiary alicyclic amines) is 1. The standard InChI is InChI=1S/C23H26FN3O2/c24-21-5-2-1-4-18(21)16-26-14-11-17(12-15-26)23(29)25-19-7-9-20(10-8-19)27-13-3-6-22(27)28/h1-2,4-5,7-10,17H,3,6,11-16H2,(H,25,29). The van der Waals surface area contributed by atoms with Crippen LogP contribution in [-0.2, 0) is 16.1 Å². The molecule has 6 heteroatoms. The van der Waals surface area contributed by atoms with Crippen molar-refractivity contribution in [1.29, 1.82) is 0 Å². The van der Waals surface area contributed by atoms with Crippen LogP contribution in [0.3, 0.4) is 0 Å². The predicted molar refractivity (Wildman–Crippen MR) is 111 cm³/mol. The van der Waals surface area contributed by atoms with Gasteiger partial charge in [-0.25, -0.2) is 4.39 Å². The quantitative estimate of drug-likeness (QED) is 0.838. The highest BCUT2D eigenvalue weighted by atomic mass is 19.1. The van der Waals surface area contributed by atoms with Crippen LogP contribution >= 0.6 is 0 Å². The van der Waals surface area contributed by atoms with Gasteiger partial charge in [-0.1, -0.05) is 18.2 Å². The smallest absolute Gasteiger partial charge is 0.227 e. The first-order valence-electron chi connectivity index (χ1n) is 10.3. The lowest BCUT2D eigenvalue weighted by molar-refractivity contribution is -0.121. The summed E-state index contributed by atoms with van der Waals surface area (Å²) in [6, 6.07) is 14.3. The third kappa shape index (κ3) is 4.65. The molecular weight excluding hydrogens is 369 g/mol. The molecule has 2 amide bonds. The van der Waals surface area contributed by atoms with Gasteiger partial charge in [0, 0.05) is 42.4 Å². The number of nitrogens with zero attached hydrogens (tertiary/aromatic N) is 2. The summed E-state index contributed by atoms with van der Waals surface area (Å²) in [6.45, 7) is 2.90. The van der Waals surface area contributed by atoms with E-state index in [1.54, 1.807) is 11.0 Å². The second-order valence-corrected chi connectivity index (χ2v) is 7.83. The molecule has 2 aromatic rings. The molecule has 29 heavy (non-hydrogen) atoms. The SMILES string of the molecule is O=C(Nc1ccc(N2CCCC2=O)cc1)C1CCN(Cc2ccccc2F)CC1. The fraction of sp³-hybridized carbons (Fsp3) is 0.391. The molecule has 1 N–H and O–H groups in total. The molecule has 0 atom stereocenters. The first kappa shape index (κ1) is 19.6. The Kier molecular flexibility index (Phi) is 5.90. The van der Waals surface area contributed by atoms with Crippen molar-refractivity contribution in [3.63, 3.8) is 0 Å². The van der Waals surface area contributed by atoms with Crippen LogP contribution in [0, 0.1) is 11.7 Å². The summed E-state index contributed by atoms with van der Waals surface area (Å²) in [7, 11) is 0. The molecule has 2 heterocycles. The fourth-order valence-corrected chi connectivity index (χ4v) is 4.11. The van der Waals surface area contributed by atoms with E-state index < -0.39 is 0 Å². The van der Waals surface area contributed by atoms with E-state index >= 15 is 0 Å². The van der Waals surface area contributed by atoms with Crippen LogP contribution < -0.4 is 10.2 Å². The zero-order valence-electron chi connectivity index (χ0n) is 16.4. The Morgan fingerprint density at radius 3 is 2.41 bits per heavy atom. The Bertz CT molecular complexity index is 876. The van der Waals surface area contributed by atoms with Gasteiger partial charge in [0.05, 0.1) is 0 Å². The van der Waals surface area contributed by atoms with E-state index in [4.69, 9.17) is 0 Å². The number of halogens is 1. The number of carbonyl (C=O) groups is 2. The van der Waals surface area contributed by atoms with Crippen LogP contribution in [0.15, 0.2) is 48.5 Å². The molecule has 2 aromatic carbocycles. The van der Waals surface area contributed by atoms with Crippen molar-refractivity contribution >= 4 is 23.2 Å². The topological polar surface area (TPSA) is 52.7 Å². The Morgan fingerprint density at radius 2 is 1.76 bits per heavy atom. The fourth-order valence-electron chi connectivity index (χ4n) is 4.11. The molecule has 0 aliphatic carbocycles. The van der Waals surface area contributed by atoms with E-state index in [0.29, 0.717) is 18.5 Å². The number of amides is 2. The Hall–Kier alpha value is -2.73. The van der Waals surface area contributed by atoms with Gasteiger partial charge in [-0.2, -0.15) is 0 Å². The van der Waals surface area contributed by atoms with Gasteiger partial charge in [-0.3, -0.25) is 14.5 Å². The molecule has 2 aliphatic heterocycles. The largest absolute Gasteiger partial charge is 0.326 e. The van der Waals surface area contributed by atoms with Gasteiger partial charge in [0.15, 0.2) is 0 Å². The number of anilines is 2. The van der Waals surface area contributed by atoms with Crippen molar-refractivity contribution in [3.05, 3.63) is 59.9 Å². The van der Waals surface area contributed by atoms with E-state index in [0.717, 1.165) is 50.3 Å². The Labute approximate surface area is 170 Å². The number of hydrogen-bond donors (Lipinski definition) is 1. The summed E-state index contributed by atoms with van der Waals surface area (Å²) in [5.41, 5.74) is 2.33. The van der Waals surface area contributed by atoms with Crippen LogP contribution in [0.2, 0.25) is 0 Å². The van der Waals surface area contributed by atoms with Gasteiger partial charge in [0.2, 0.25) is 11.8 Å². The van der Waals surface area contributed by atoms with Gasteiger partial charge < -0.3 is 10.2 Å². The molecule has 0 bridgehead atoms. The highest BCUT2D eigenvalue weighted by molar-refractivity contribution is 5.96. The third-order valence-corrected chi connectivity index (χ3v) is 5.83. The summed E-state index contributed by atoms with van der Waals surface area (Å²) in [6.07, 6.45) is 3.03. The summed E-state index contributed by atoms with van der Waals surface area (Å²) < 4.78 is 13.8.